The Morgan fingerprint density at radius 2 is 1.53 bits per heavy atom. The van der Waals surface area contributed by atoms with Crippen LogP contribution in [0.25, 0.3) is 0 Å². The van der Waals surface area contributed by atoms with Crippen molar-refractivity contribution in [2.75, 3.05) is 0 Å². The van der Waals surface area contributed by atoms with Crippen molar-refractivity contribution in [1.29, 1.82) is 0 Å². The highest BCUT2D eigenvalue weighted by atomic mass is 16.4. The van der Waals surface area contributed by atoms with Gasteiger partial charge in [0.1, 0.15) is 0 Å². The summed E-state index contributed by atoms with van der Waals surface area (Å²) in [6.07, 6.45) is -0.223. The van der Waals surface area contributed by atoms with E-state index in [1.165, 1.54) is 6.42 Å². The summed E-state index contributed by atoms with van der Waals surface area (Å²) >= 11 is 0. The lowest BCUT2D eigenvalue weighted by Gasteiger charge is -2.07. The standard InChI is InChI=1S/C5H10.C4H6O6/c1-3-5-4-2;5-1(3(7)8)2(6)4(9)10/h3H,1,4-5H2,2H3;1-2,5-6H,(H,7,8)(H,9,10)/t;1-,2-/m.1/s1. The van der Waals surface area contributed by atoms with E-state index in [1.54, 1.807) is 0 Å². The molecule has 0 aromatic rings. The molecular weight excluding hydrogens is 204 g/mol. The molecule has 0 aliphatic heterocycles. The van der Waals surface area contributed by atoms with Crippen LogP contribution in [0.4, 0.5) is 0 Å². The SMILES string of the molecule is C=CCCC.O=C(O)[C@H](O)[C@@H](O)C(=O)O. The summed E-state index contributed by atoms with van der Waals surface area (Å²) in [5.74, 6) is -3.54. The van der Waals surface area contributed by atoms with Crippen LogP contribution < -0.4 is 0 Å². The zero-order chi connectivity index (χ0) is 12.4. The number of aliphatic hydroxyl groups excluding tert-OH is 2. The summed E-state index contributed by atoms with van der Waals surface area (Å²) in [4.78, 5) is 19.5. The monoisotopic (exact) mass is 220 g/mol. The molecule has 0 spiro atoms. The van der Waals surface area contributed by atoms with Crippen LogP contribution in [0.1, 0.15) is 19.8 Å². The van der Waals surface area contributed by atoms with E-state index in [2.05, 4.69) is 13.5 Å². The average Bonchev–Trinajstić information content (AvgIpc) is 2.17. The van der Waals surface area contributed by atoms with Gasteiger partial charge in [-0.3, -0.25) is 0 Å². The van der Waals surface area contributed by atoms with Crippen LogP contribution in [0.2, 0.25) is 0 Å². The number of hydrogen-bond donors (Lipinski definition) is 4. The van der Waals surface area contributed by atoms with E-state index in [9.17, 15) is 9.59 Å². The zero-order valence-corrected chi connectivity index (χ0v) is 8.46. The van der Waals surface area contributed by atoms with Gasteiger partial charge in [0.2, 0.25) is 0 Å². The number of allylic oxidation sites excluding steroid dienone is 1. The first kappa shape index (κ1) is 16.0. The van der Waals surface area contributed by atoms with Gasteiger partial charge in [0.05, 0.1) is 0 Å². The first-order valence-electron chi connectivity index (χ1n) is 4.31. The van der Waals surface area contributed by atoms with E-state index >= 15 is 0 Å². The fraction of sp³-hybridized carbons (Fsp3) is 0.556. The lowest BCUT2D eigenvalue weighted by atomic mass is 10.2. The minimum atomic E-state index is -2.27. The lowest BCUT2D eigenvalue weighted by Crippen LogP contribution is -2.39. The van der Waals surface area contributed by atoms with Gasteiger partial charge in [-0.25, -0.2) is 9.59 Å². The van der Waals surface area contributed by atoms with Crippen molar-refractivity contribution in [2.24, 2.45) is 0 Å². The zero-order valence-electron chi connectivity index (χ0n) is 8.46. The Morgan fingerprint density at radius 1 is 1.20 bits per heavy atom. The topological polar surface area (TPSA) is 115 Å². The minimum absolute atomic E-state index is 1.15. The Bertz CT molecular complexity index is 195. The number of aliphatic hydroxyl groups is 2. The lowest BCUT2D eigenvalue weighted by molar-refractivity contribution is -0.165. The molecule has 0 heterocycles. The Labute approximate surface area is 87.5 Å². The minimum Gasteiger partial charge on any atom is -0.479 e. The normalized spacial score (nSPS) is 13.0. The van der Waals surface area contributed by atoms with E-state index in [0.717, 1.165) is 6.42 Å². The number of carboxylic acids is 2. The second-order valence-electron chi connectivity index (χ2n) is 2.64. The number of unbranched alkanes of at least 4 members (excludes halogenated alkanes) is 1. The molecule has 0 radical (unpaired) electrons. The van der Waals surface area contributed by atoms with E-state index in [1.807, 2.05) is 6.08 Å². The van der Waals surface area contributed by atoms with Crippen molar-refractivity contribution in [2.45, 2.75) is 32.0 Å². The fourth-order valence-electron chi connectivity index (χ4n) is 0.474. The van der Waals surface area contributed by atoms with Gasteiger partial charge < -0.3 is 20.4 Å². The van der Waals surface area contributed by atoms with Gasteiger partial charge in [0.15, 0.2) is 12.2 Å². The van der Waals surface area contributed by atoms with Crippen LogP contribution in [-0.4, -0.2) is 44.6 Å². The van der Waals surface area contributed by atoms with Gasteiger partial charge in [-0.05, 0) is 6.42 Å². The molecule has 0 saturated carbocycles. The second-order valence-corrected chi connectivity index (χ2v) is 2.64. The van der Waals surface area contributed by atoms with Crippen molar-refractivity contribution in [3.63, 3.8) is 0 Å². The molecule has 88 valence electrons. The second kappa shape index (κ2) is 9.17. The van der Waals surface area contributed by atoms with Gasteiger partial charge in [-0.2, -0.15) is 0 Å². The van der Waals surface area contributed by atoms with E-state index in [4.69, 9.17) is 20.4 Å². The summed E-state index contributed by atoms with van der Waals surface area (Å²) in [5.41, 5.74) is 0. The summed E-state index contributed by atoms with van der Waals surface area (Å²) < 4.78 is 0. The predicted molar refractivity (Wildman–Crippen MR) is 52.4 cm³/mol. The van der Waals surface area contributed by atoms with Gasteiger partial charge >= 0.3 is 11.9 Å². The van der Waals surface area contributed by atoms with E-state index in [-0.39, 0.29) is 0 Å². The van der Waals surface area contributed by atoms with Crippen LogP contribution in [-0.2, 0) is 9.59 Å². The third-order valence-corrected chi connectivity index (χ3v) is 1.30. The molecule has 0 bridgehead atoms. The van der Waals surface area contributed by atoms with Gasteiger partial charge in [0, 0.05) is 0 Å². The van der Waals surface area contributed by atoms with E-state index in [0.29, 0.717) is 0 Å². The third-order valence-electron chi connectivity index (χ3n) is 1.30. The molecule has 15 heavy (non-hydrogen) atoms. The average molecular weight is 220 g/mol. The van der Waals surface area contributed by atoms with Crippen LogP contribution in [0, 0.1) is 0 Å². The van der Waals surface area contributed by atoms with Crippen LogP contribution in [0.3, 0.4) is 0 Å². The highest BCUT2D eigenvalue weighted by Crippen LogP contribution is 1.92. The number of carboxylic acid groups (broad SMARTS) is 2. The van der Waals surface area contributed by atoms with Crippen LogP contribution >= 0.6 is 0 Å². The summed E-state index contributed by atoms with van der Waals surface area (Å²) in [6.45, 7) is 5.69. The smallest absolute Gasteiger partial charge is 0.335 e. The van der Waals surface area contributed by atoms with Crippen molar-refractivity contribution in [3.05, 3.63) is 12.7 Å². The number of carbonyl (C=O) groups is 2. The first-order valence-corrected chi connectivity index (χ1v) is 4.31. The highest BCUT2D eigenvalue weighted by molar-refractivity contribution is 5.83. The van der Waals surface area contributed by atoms with Crippen molar-refractivity contribution in [1.82, 2.24) is 0 Å². The molecule has 0 aromatic carbocycles. The number of aliphatic carboxylic acids is 2. The molecule has 0 rings (SSSR count). The van der Waals surface area contributed by atoms with Crippen molar-refractivity contribution in [3.8, 4) is 0 Å². The molecule has 2 atom stereocenters. The highest BCUT2D eigenvalue weighted by Gasteiger charge is 2.29. The van der Waals surface area contributed by atoms with Crippen LogP contribution in [0.15, 0.2) is 12.7 Å². The number of hydrogen-bond acceptors (Lipinski definition) is 4. The molecule has 0 amide bonds. The first-order chi connectivity index (χ1) is 6.88. The molecule has 0 unspecified atom stereocenters. The molecule has 0 aliphatic rings. The number of rotatable bonds is 5. The van der Waals surface area contributed by atoms with E-state index < -0.39 is 24.1 Å². The summed E-state index contributed by atoms with van der Waals surface area (Å²) in [5, 5.41) is 32.5. The molecular formula is C9H16O6. The Kier molecular flexibility index (Phi) is 9.81. The third kappa shape index (κ3) is 8.92. The van der Waals surface area contributed by atoms with Gasteiger partial charge in [-0.15, -0.1) is 6.58 Å². The van der Waals surface area contributed by atoms with Crippen molar-refractivity contribution >= 4 is 11.9 Å². The largest absolute Gasteiger partial charge is 0.479 e. The Morgan fingerprint density at radius 3 is 1.60 bits per heavy atom. The Hall–Kier alpha value is -1.40. The maximum atomic E-state index is 9.77. The molecule has 0 fully saturated rings. The van der Waals surface area contributed by atoms with Crippen molar-refractivity contribution < 1.29 is 30.0 Å². The molecule has 0 aliphatic carbocycles. The molecule has 0 aromatic heterocycles. The Balaban J connectivity index is 0. The maximum absolute atomic E-state index is 9.77. The summed E-state index contributed by atoms with van der Waals surface area (Å²) in [6, 6.07) is 0. The predicted octanol–water partition coefficient (Wildman–Crippen LogP) is -0.150. The molecule has 6 nitrogen and oxygen atoms in total. The fourth-order valence-corrected chi connectivity index (χ4v) is 0.474. The summed E-state index contributed by atoms with van der Waals surface area (Å²) in [7, 11) is 0. The quantitative estimate of drug-likeness (QED) is 0.479. The van der Waals surface area contributed by atoms with Gasteiger partial charge in [0.25, 0.3) is 0 Å². The van der Waals surface area contributed by atoms with Crippen LogP contribution in [0.5, 0.6) is 0 Å². The molecule has 0 saturated heterocycles. The van der Waals surface area contributed by atoms with Gasteiger partial charge in [-0.1, -0.05) is 19.4 Å². The molecule has 4 N–H and O–H groups in total. The maximum Gasteiger partial charge on any atom is 0.335 e. The molecule has 6 heteroatoms.